The van der Waals surface area contributed by atoms with Gasteiger partial charge in [-0.15, -0.1) is 0 Å². The summed E-state index contributed by atoms with van der Waals surface area (Å²) in [6.45, 7) is 6.95. The fourth-order valence-electron chi connectivity index (χ4n) is 2.91. The van der Waals surface area contributed by atoms with Gasteiger partial charge in [-0.2, -0.15) is 0 Å². The molecule has 21 heavy (non-hydrogen) atoms. The Kier molecular flexibility index (Phi) is 5.70. The maximum atomic E-state index is 11.1. The Morgan fingerprint density at radius 1 is 1.38 bits per heavy atom. The molecular weight excluding hydrogens is 266 g/mol. The van der Waals surface area contributed by atoms with E-state index < -0.39 is 0 Å². The predicted octanol–water partition coefficient (Wildman–Crippen LogP) is 2.95. The van der Waals surface area contributed by atoms with E-state index in [0.717, 1.165) is 18.7 Å². The summed E-state index contributed by atoms with van der Waals surface area (Å²) in [5, 5.41) is 14.6. The van der Waals surface area contributed by atoms with Gasteiger partial charge in [-0.3, -0.25) is 15.0 Å². The van der Waals surface area contributed by atoms with Crippen LogP contribution in [0.3, 0.4) is 0 Å². The van der Waals surface area contributed by atoms with Crippen molar-refractivity contribution in [1.29, 1.82) is 0 Å². The zero-order valence-corrected chi connectivity index (χ0v) is 12.9. The first-order valence-corrected chi connectivity index (χ1v) is 7.77. The summed E-state index contributed by atoms with van der Waals surface area (Å²) >= 11 is 0. The molecule has 0 saturated carbocycles. The van der Waals surface area contributed by atoms with E-state index in [9.17, 15) is 10.1 Å². The highest BCUT2D eigenvalue weighted by atomic mass is 16.6. The molecule has 116 valence electrons. The Balaban J connectivity index is 2.07. The Hall–Kier alpha value is -1.46. The van der Waals surface area contributed by atoms with E-state index in [1.54, 1.807) is 12.1 Å². The number of nitro benzene ring substituents is 1. The number of nitro groups is 1. The Morgan fingerprint density at radius 2 is 2.14 bits per heavy atom. The second kappa shape index (κ2) is 7.52. The van der Waals surface area contributed by atoms with Crippen LogP contribution in [0, 0.1) is 10.1 Å². The third-order valence-electron chi connectivity index (χ3n) is 4.07. The van der Waals surface area contributed by atoms with E-state index in [1.165, 1.54) is 19.3 Å². The number of benzene rings is 1. The van der Waals surface area contributed by atoms with Crippen molar-refractivity contribution in [2.45, 2.75) is 51.7 Å². The average molecular weight is 291 g/mol. The maximum Gasteiger partial charge on any atom is 0.273 e. The maximum absolute atomic E-state index is 11.1. The number of nitrogens with zero attached hydrogens (tertiary/aromatic N) is 2. The number of hydrogen-bond acceptors (Lipinski definition) is 4. The fourth-order valence-corrected chi connectivity index (χ4v) is 2.91. The standard InChI is InChI=1S/C16H25N3O2/c1-13(2)17-11-15-8-5-6-10-18(15)12-14-7-3-4-9-16(14)19(20)21/h3-4,7,9,13,15,17H,5-6,8,10-12H2,1-2H3. The first-order chi connectivity index (χ1) is 10.1. The van der Waals surface area contributed by atoms with Crippen molar-refractivity contribution < 1.29 is 4.92 Å². The fraction of sp³-hybridized carbons (Fsp3) is 0.625. The smallest absolute Gasteiger partial charge is 0.273 e. The minimum Gasteiger partial charge on any atom is -0.313 e. The highest BCUT2D eigenvalue weighted by Gasteiger charge is 2.24. The molecule has 5 heteroatoms. The molecule has 1 N–H and O–H groups in total. The lowest BCUT2D eigenvalue weighted by Gasteiger charge is -2.36. The van der Waals surface area contributed by atoms with Gasteiger partial charge in [0.1, 0.15) is 0 Å². The van der Waals surface area contributed by atoms with Crippen molar-refractivity contribution in [3.63, 3.8) is 0 Å². The average Bonchev–Trinajstić information content (AvgIpc) is 2.46. The van der Waals surface area contributed by atoms with E-state index in [0.29, 0.717) is 18.6 Å². The Bertz CT molecular complexity index is 476. The highest BCUT2D eigenvalue weighted by Crippen LogP contribution is 2.24. The number of para-hydroxylation sites is 1. The van der Waals surface area contributed by atoms with Crippen molar-refractivity contribution in [2.24, 2.45) is 0 Å². The monoisotopic (exact) mass is 291 g/mol. The number of hydrogen-bond donors (Lipinski definition) is 1. The van der Waals surface area contributed by atoms with Crippen LogP contribution < -0.4 is 5.32 Å². The molecular formula is C16H25N3O2. The lowest BCUT2D eigenvalue weighted by molar-refractivity contribution is -0.385. The van der Waals surface area contributed by atoms with Crippen molar-refractivity contribution in [1.82, 2.24) is 10.2 Å². The number of piperidine rings is 1. The van der Waals surface area contributed by atoms with Gasteiger partial charge in [0.05, 0.1) is 4.92 Å². The minimum atomic E-state index is -0.277. The second-order valence-corrected chi connectivity index (χ2v) is 6.07. The van der Waals surface area contributed by atoms with Crippen LogP contribution in [0.5, 0.6) is 0 Å². The molecule has 0 radical (unpaired) electrons. The molecule has 0 amide bonds. The lowest BCUT2D eigenvalue weighted by atomic mass is 10.0. The topological polar surface area (TPSA) is 58.4 Å². The van der Waals surface area contributed by atoms with E-state index >= 15 is 0 Å². The molecule has 1 aliphatic heterocycles. The molecule has 2 rings (SSSR count). The van der Waals surface area contributed by atoms with Crippen LogP contribution in [0.15, 0.2) is 24.3 Å². The molecule has 1 atom stereocenters. The predicted molar refractivity (Wildman–Crippen MR) is 84.3 cm³/mol. The first kappa shape index (κ1) is 15.9. The summed E-state index contributed by atoms with van der Waals surface area (Å²) in [5.41, 5.74) is 1.05. The van der Waals surface area contributed by atoms with Crippen LogP contribution in [0.25, 0.3) is 0 Å². The lowest BCUT2D eigenvalue weighted by Crippen LogP contribution is -2.46. The molecule has 0 aromatic heterocycles. The molecule has 0 spiro atoms. The third kappa shape index (κ3) is 4.51. The van der Waals surface area contributed by atoms with E-state index in [4.69, 9.17) is 0 Å². The van der Waals surface area contributed by atoms with Gasteiger partial charge in [-0.05, 0) is 19.4 Å². The van der Waals surface area contributed by atoms with Crippen LogP contribution in [0.2, 0.25) is 0 Å². The van der Waals surface area contributed by atoms with E-state index in [2.05, 4.69) is 24.1 Å². The molecule has 1 fully saturated rings. The van der Waals surface area contributed by atoms with Gasteiger partial charge < -0.3 is 5.32 Å². The van der Waals surface area contributed by atoms with Crippen LogP contribution in [0.1, 0.15) is 38.7 Å². The van der Waals surface area contributed by atoms with Crippen LogP contribution in [0.4, 0.5) is 5.69 Å². The highest BCUT2D eigenvalue weighted by molar-refractivity contribution is 5.39. The van der Waals surface area contributed by atoms with Crippen LogP contribution >= 0.6 is 0 Å². The Labute approximate surface area is 126 Å². The summed E-state index contributed by atoms with van der Waals surface area (Å²) in [5.74, 6) is 0. The SMILES string of the molecule is CC(C)NCC1CCCCN1Cc1ccccc1[N+](=O)[O-]. The van der Waals surface area contributed by atoms with Gasteiger partial charge in [0.25, 0.3) is 5.69 Å². The normalized spacial score (nSPS) is 19.9. The van der Waals surface area contributed by atoms with Gasteiger partial charge >= 0.3 is 0 Å². The van der Waals surface area contributed by atoms with Gasteiger partial charge in [-0.25, -0.2) is 0 Å². The molecule has 0 aliphatic carbocycles. The summed E-state index contributed by atoms with van der Waals surface area (Å²) in [4.78, 5) is 13.2. The summed E-state index contributed by atoms with van der Waals surface area (Å²) in [7, 11) is 0. The largest absolute Gasteiger partial charge is 0.313 e. The quantitative estimate of drug-likeness (QED) is 0.646. The van der Waals surface area contributed by atoms with Crippen molar-refractivity contribution in [3.05, 3.63) is 39.9 Å². The van der Waals surface area contributed by atoms with Gasteiger partial charge in [0.15, 0.2) is 0 Å². The molecule has 1 heterocycles. The molecule has 5 nitrogen and oxygen atoms in total. The number of likely N-dealkylation sites (tertiary alicyclic amines) is 1. The molecule has 1 aromatic carbocycles. The van der Waals surface area contributed by atoms with Crippen molar-refractivity contribution in [3.8, 4) is 0 Å². The van der Waals surface area contributed by atoms with Gasteiger partial charge in [0.2, 0.25) is 0 Å². The zero-order chi connectivity index (χ0) is 15.2. The molecule has 1 unspecified atom stereocenters. The van der Waals surface area contributed by atoms with E-state index in [1.807, 2.05) is 12.1 Å². The molecule has 1 saturated heterocycles. The number of rotatable bonds is 6. The van der Waals surface area contributed by atoms with Crippen molar-refractivity contribution >= 4 is 5.69 Å². The molecule has 1 aromatic rings. The molecule has 1 aliphatic rings. The summed E-state index contributed by atoms with van der Waals surface area (Å²) < 4.78 is 0. The van der Waals surface area contributed by atoms with Crippen LogP contribution in [-0.2, 0) is 6.54 Å². The van der Waals surface area contributed by atoms with Crippen LogP contribution in [-0.4, -0.2) is 35.0 Å². The van der Waals surface area contributed by atoms with Gasteiger partial charge in [-0.1, -0.05) is 38.5 Å². The Morgan fingerprint density at radius 3 is 2.86 bits per heavy atom. The second-order valence-electron chi connectivity index (χ2n) is 6.07. The van der Waals surface area contributed by atoms with E-state index in [-0.39, 0.29) is 10.6 Å². The van der Waals surface area contributed by atoms with Gasteiger partial charge in [0, 0.05) is 36.8 Å². The van der Waals surface area contributed by atoms with Crippen molar-refractivity contribution in [2.75, 3.05) is 13.1 Å². The zero-order valence-electron chi connectivity index (χ0n) is 12.9. The molecule has 0 bridgehead atoms. The summed E-state index contributed by atoms with van der Waals surface area (Å²) in [6.07, 6.45) is 3.59. The number of nitrogens with one attached hydrogen (secondary N) is 1. The third-order valence-corrected chi connectivity index (χ3v) is 4.07. The first-order valence-electron chi connectivity index (χ1n) is 7.77. The summed E-state index contributed by atoms with van der Waals surface area (Å²) in [6, 6.07) is 8.03. The minimum absolute atomic E-state index is 0.235.